The first-order chi connectivity index (χ1) is 17.5. The van der Waals surface area contributed by atoms with Crippen LogP contribution in [0, 0.1) is 16.0 Å². The minimum atomic E-state index is -0.375. The predicted molar refractivity (Wildman–Crippen MR) is 141 cm³/mol. The van der Waals surface area contributed by atoms with Gasteiger partial charge >= 0.3 is 5.69 Å². The van der Waals surface area contributed by atoms with E-state index in [0.717, 1.165) is 61.8 Å². The van der Waals surface area contributed by atoms with E-state index in [9.17, 15) is 10.1 Å². The molecule has 3 fully saturated rings. The molecule has 0 amide bonds. The third kappa shape index (κ3) is 5.50. The van der Waals surface area contributed by atoms with Gasteiger partial charge in [-0.1, -0.05) is 0 Å². The molecule has 10 nitrogen and oxygen atoms in total. The van der Waals surface area contributed by atoms with E-state index < -0.39 is 0 Å². The highest BCUT2D eigenvalue weighted by Crippen LogP contribution is 2.41. The van der Waals surface area contributed by atoms with Gasteiger partial charge in [-0.3, -0.25) is 19.7 Å². The van der Waals surface area contributed by atoms with E-state index in [-0.39, 0.29) is 10.6 Å². The molecule has 5 rings (SSSR count). The fourth-order valence-electron chi connectivity index (χ4n) is 6.13. The van der Waals surface area contributed by atoms with Gasteiger partial charge in [0.25, 0.3) is 0 Å². The normalized spacial score (nSPS) is 21.1. The second kappa shape index (κ2) is 11.1. The molecule has 10 heteroatoms. The minimum absolute atomic E-state index is 0.0163. The SMILES string of the molecule is COc1cc(N2CCC(N3CCN(CC4CCNCC4)CC3)CC2)c(-c2cnn(C)c2)cc1[N+](=O)[O-]. The van der Waals surface area contributed by atoms with Crippen molar-refractivity contribution in [2.24, 2.45) is 13.0 Å². The molecule has 36 heavy (non-hydrogen) atoms. The lowest BCUT2D eigenvalue weighted by Crippen LogP contribution is -2.54. The molecule has 3 aliphatic heterocycles. The molecule has 0 bridgehead atoms. The van der Waals surface area contributed by atoms with E-state index in [0.29, 0.717) is 11.8 Å². The predicted octanol–water partition coefficient (Wildman–Crippen LogP) is 2.59. The second-order valence-corrected chi connectivity index (χ2v) is 10.4. The number of piperazine rings is 1. The summed E-state index contributed by atoms with van der Waals surface area (Å²) in [4.78, 5) is 19.0. The molecule has 0 saturated carbocycles. The monoisotopic (exact) mass is 497 g/mol. The van der Waals surface area contributed by atoms with E-state index in [1.807, 2.05) is 19.3 Å². The van der Waals surface area contributed by atoms with E-state index >= 15 is 0 Å². The molecule has 1 aromatic carbocycles. The largest absolute Gasteiger partial charge is 0.490 e. The van der Waals surface area contributed by atoms with Gasteiger partial charge in [0.15, 0.2) is 5.75 Å². The van der Waals surface area contributed by atoms with Crippen molar-refractivity contribution in [1.29, 1.82) is 0 Å². The Morgan fingerprint density at radius 2 is 1.81 bits per heavy atom. The van der Waals surface area contributed by atoms with Crippen molar-refractivity contribution in [3.8, 4) is 16.9 Å². The summed E-state index contributed by atoms with van der Waals surface area (Å²) >= 11 is 0. The molecule has 4 heterocycles. The summed E-state index contributed by atoms with van der Waals surface area (Å²) in [6.07, 6.45) is 8.50. The number of hydrogen-bond donors (Lipinski definition) is 1. The van der Waals surface area contributed by atoms with E-state index in [1.54, 1.807) is 16.9 Å². The lowest BCUT2D eigenvalue weighted by Gasteiger charge is -2.44. The quantitative estimate of drug-likeness (QED) is 0.461. The highest BCUT2D eigenvalue weighted by atomic mass is 16.6. The molecule has 0 aliphatic carbocycles. The van der Waals surface area contributed by atoms with Crippen molar-refractivity contribution in [3.63, 3.8) is 0 Å². The maximum absolute atomic E-state index is 11.7. The van der Waals surface area contributed by atoms with Gasteiger partial charge < -0.3 is 19.9 Å². The number of piperidine rings is 2. The second-order valence-electron chi connectivity index (χ2n) is 10.4. The molecule has 196 valence electrons. The van der Waals surface area contributed by atoms with Gasteiger partial charge in [0, 0.05) is 94.0 Å². The van der Waals surface area contributed by atoms with Crippen LogP contribution in [0.1, 0.15) is 25.7 Å². The topological polar surface area (TPSA) is 91.9 Å². The Morgan fingerprint density at radius 3 is 2.42 bits per heavy atom. The van der Waals surface area contributed by atoms with Crippen LogP contribution in [0.4, 0.5) is 11.4 Å². The van der Waals surface area contributed by atoms with E-state index in [1.165, 1.54) is 52.7 Å². The van der Waals surface area contributed by atoms with Crippen LogP contribution in [0.5, 0.6) is 5.75 Å². The van der Waals surface area contributed by atoms with Crippen LogP contribution in [-0.2, 0) is 7.05 Å². The van der Waals surface area contributed by atoms with Gasteiger partial charge in [0.2, 0.25) is 0 Å². The number of nitrogens with zero attached hydrogens (tertiary/aromatic N) is 6. The summed E-state index contributed by atoms with van der Waals surface area (Å²) in [5.74, 6) is 1.16. The summed E-state index contributed by atoms with van der Waals surface area (Å²) in [5.41, 5.74) is 2.68. The Morgan fingerprint density at radius 1 is 1.08 bits per heavy atom. The minimum Gasteiger partial charge on any atom is -0.490 e. The Kier molecular flexibility index (Phi) is 7.73. The lowest BCUT2D eigenvalue weighted by molar-refractivity contribution is -0.385. The molecule has 1 aromatic heterocycles. The zero-order valence-corrected chi connectivity index (χ0v) is 21.6. The van der Waals surface area contributed by atoms with Gasteiger partial charge in [-0.15, -0.1) is 0 Å². The Balaban J connectivity index is 1.23. The van der Waals surface area contributed by atoms with Crippen molar-refractivity contribution in [1.82, 2.24) is 24.9 Å². The highest BCUT2D eigenvalue weighted by Gasteiger charge is 2.30. The Labute approximate surface area is 213 Å². The van der Waals surface area contributed by atoms with E-state index in [4.69, 9.17) is 4.74 Å². The number of methoxy groups -OCH3 is 1. The zero-order valence-electron chi connectivity index (χ0n) is 21.6. The average molecular weight is 498 g/mol. The average Bonchev–Trinajstić information content (AvgIpc) is 3.35. The summed E-state index contributed by atoms with van der Waals surface area (Å²) in [7, 11) is 3.35. The van der Waals surface area contributed by atoms with Crippen LogP contribution in [0.25, 0.3) is 11.1 Å². The molecular formula is C26H39N7O3. The molecule has 3 saturated heterocycles. The van der Waals surface area contributed by atoms with Gasteiger partial charge in [0.05, 0.1) is 18.2 Å². The van der Waals surface area contributed by atoms with E-state index in [2.05, 4.69) is 25.1 Å². The van der Waals surface area contributed by atoms with Crippen LogP contribution >= 0.6 is 0 Å². The number of aromatic nitrogens is 2. The van der Waals surface area contributed by atoms with Crippen LogP contribution in [0.3, 0.4) is 0 Å². The van der Waals surface area contributed by atoms with Gasteiger partial charge in [-0.2, -0.15) is 5.10 Å². The molecule has 0 spiro atoms. The lowest BCUT2D eigenvalue weighted by atomic mass is 9.96. The van der Waals surface area contributed by atoms with Crippen LogP contribution < -0.4 is 15.0 Å². The van der Waals surface area contributed by atoms with Crippen molar-refractivity contribution >= 4 is 11.4 Å². The maximum atomic E-state index is 11.7. The number of nitro groups is 1. The number of nitrogens with one attached hydrogen (secondary N) is 1. The molecule has 0 unspecified atom stereocenters. The molecule has 2 aromatic rings. The fourth-order valence-corrected chi connectivity index (χ4v) is 6.13. The highest BCUT2D eigenvalue weighted by molar-refractivity contribution is 5.82. The summed E-state index contributed by atoms with van der Waals surface area (Å²) in [6.45, 7) is 10.1. The third-order valence-electron chi connectivity index (χ3n) is 8.21. The maximum Gasteiger partial charge on any atom is 0.311 e. The Hall–Kier alpha value is -2.69. The van der Waals surface area contributed by atoms with Crippen molar-refractivity contribution < 1.29 is 9.66 Å². The zero-order chi connectivity index (χ0) is 25.1. The van der Waals surface area contributed by atoms with Gasteiger partial charge in [-0.05, 0) is 44.7 Å². The smallest absolute Gasteiger partial charge is 0.311 e. The molecule has 1 N–H and O–H groups in total. The number of nitro benzene ring substituents is 1. The Bertz CT molecular complexity index is 1040. The van der Waals surface area contributed by atoms with Crippen molar-refractivity contribution in [2.75, 3.05) is 70.9 Å². The number of aryl methyl sites for hydroxylation is 1. The van der Waals surface area contributed by atoms with Crippen LogP contribution in [-0.4, -0.2) is 96.6 Å². The van der Waals surface area contributed by atoms with Crippen LogP contribution in [0.15, 0.2) is 24.5 Å². The fraction of sp³-hybridized carbons (Fsp3) is 0.654. The molecule has 0 radical (unpaired) electrons. The molecule has 0 atom stereocenters. The number of rotatable bonds is 7. The number of hydrogen-bond acceptors (Lipinski definition) is 8. The summed E-state index contributed by atoms with van der Waals surface area (Å²) in [6, 6.07) is 4.07. The first-order valence-corrected chi connectivity index (χ1v) is 13.3. The van der Waals surface area contributed by atoms with Crippen LogP contribution in [0.2, 0.25) is 0 Å². The van der Waals surface area contributed by atoms with Gasteiger partial charge in [0.1, 0.15) is 0 Å². The van der Waals surface area contributed by atoms with Gasteiger partial charge in [-0.25, -0.2) is 0 Å². The number of anilines is 1. The molecular weight excluding hydrogens is 458 g/mol. The summed E-state index contributed by atoms with van der Waals surface area (Å²) in [5, 5.41) is 19.5. The first kappa shape index (κ1) is 25.0. The standard InChI is InChI=1S/C26H39N7O3/c1-29-19-21(17-28-29)23-15-25(33(34)35)26(36-2)16-24(23)32-9-5-22(6-10-32)31-13-11-30(12-14-31)18-20-3-7-27-8-4-20/h15-17,19-20,22,27H,3-14,18H2,1-2H3. The molecule has 3 aliphatic rings. The first-order valence-electron chi connectivity index (χ1n) is 13.3. The number of benzene rings is 1. The number of ether oxygens (including phenoxy) is 1. The third-order valence-corrected chi connectivity index (χ3v) is 8.21. The van der Waals surface area contributed by atoms with Crippen molar-refractivity contribution in [3.05, 3.63) is 34.6 Å². The summed E-state index contributed by atoms with van der Waals surface area (Å²) < 4.78 is 7.14. The van der Waals surface area contributed by atoms with Crippen molar-refractivity contribution in [2.45, 2.75) is 31.7 Å².